The molecule has 0 unspecified atom stereocenters. The highest BCUT2D eigenvalue weighted by Crippen LogP contribution is 2.38. The molecule has 0 bridgehead atoms. The van der Waals surface area contributed by atoms with E-state index in [1.807, 2.05) is 0 Å². The molecule has 1 heterocycles. The minimum Gasteiger partial charge on any atom is -0.497 e. The van der Waals surface area contributed by atoms with Crippen molar-refractivity contribution in [2.75, 3.05) is 18.1 Å². The number of halogens is 1. The zero-order chi connectivity index (χ0) is 24.5. The Balaban J connectivity index is 1.75. The van der Waals surface area contributed by atoms with Crippen molar-refractivity contribution in [3.05, 3.63) is 89.7 Å². The fraction of sp³-hybridized carbons (Fsp3) is 0.174. The molecule has 0 saturated carbocycles. The van der Waals surface area contributed by atoms with Crippen molar-refractivity contribution >= 4 is 31.4 Å². The maximum atomic E-state index is 13.5. The number of hydrogen-bond acceptors (Lipinski definition) is 6. The molecular formula is C23H22FN3O5S2. The van der Waals surface area contributed by atoms with E-state index in [4.69, 9.17) is 4.74 Å². The van der Waals surface area contributed by atoms with Gasteiger partial charge >= 0.3 is 0 Å². The van der Waals surface area contributed by atoms with Gasteiger partial charge in [0.2, 0.25) is 10.0 Å². The second-order valence-corrected chi connectivity index (χ2v) is 11.3. The van der Waals surface area contributed by atoms with E-state index in [-0.39, 0.29) is 11.3 Å². The number of ether oxygens (including phenoxy) is 1. The Hall–Kier alpha value is -3.44. The zero-order valence-corrected chi connectivity index (χ0v) is 20.0. The lowest BCUT2D eigenvalue weighted by molar-refractivity contribution is 0.368. The molecule has 3 aromatic rings. The summed E-state index contributed by atoms with van der Waals surface area (Å²) in [5, 5.41) is 4.44. The lowest BCUT2D eigenvalue weighted by atomic mass is 9.99. The molecule has 0 radical (unpaired) electrons. The molecular weight excluding hydrogens is 481 g/mol. The van der Waals surface area contributed by atoms with Crippen LogP contribution in [0, 0.1) is 5.82 Å². The fourth-order valence-corrected chi connectivity index (χ4v) is 5.64. The zero-order valence-electron chi connectivity index (χ0n) is 18.3. The second kappa shape index (κ2) is 9.07. The van der Waals surface area contributed by atoms with Crippen molar-refractivity contribution in [1.82, 2.24) is 4.41 Å². The number of methoxy groups -OCH3 is 1. The number of anilines is 1. The van der Waals surface area contributed by atoms with Gasteiger partial charge in [0.25, 0.3) is 10.0 Å². The van der Waals surface area contributed by atoms with Gasteiger partial charge in [0, 0.05) is 12.1 Å². The molecule has 0 aliphatic carbocycles. The fourth-order valence-electron chi connectivity index (χ4n) is 3.64. The van der Waals surface area contributed by atoms with Gasteiger partial charge in [-0.25, -0.2) is 12.8 Å². The maximum Gasteiger partial charge on any atom is 0.279 e. The normalized spacial score (nSPS) is 16.3. The van der Waals surface area contributed by atoms with Crippen LogP contribution in [0.5, 0.6) is 5.75 Å². The van der Waals surface area contributed by atoms with Crippen molar-refractivity contribution in [3.63, 3.8) is 0 Å². The van der Waals surface area contributed by atoms with E-state index in [0.29, 0.717) is 28.3 Å². The van der Waals surface area contributed by atoms with Crippen LogP contribution in [0.25, 0.3) is 0 Å². The minimum absolute atomic E-state index is 0.0838. The highest BCUT2D eigenvalue weighted by atomic mass is 32.2. The first-order chi connectivity index (χ1) is 16.1. The second-order valence-electron chi connectivity index (χ2n) is 7.73. The molecule has 3 aromatic carbocycles. The average Bonchev–Trinajstić information content (AvgIpc) is 3.25. The molecule has 34 heavy (non-hydrogen) atoms. The van der Waals surface area contributed by atoms with Crippen LogP contribution < -0.4 is 9.46 Å². The van der Waals surface area contributed by atoms with Gasteiger partial charge in [0.15, 0.2) is 0 Å². The number of nitrogens with one attached hydrogen (secondary N) is 1. The summed E-state index contributed by atoms with van der Waals surface area (Å²) in [7, 11) is -6.00. The van der Waals surface area contributed by atoms with E-state index >= 15 is 0 Å². The summed E-state index contributed by atoms with van der Waals surface area (Å²) >= 11 is 0. The van der Waals surface area contributed by atoms with Gasteiger partial charge < -0.3 is 4.74 Å². The first-order valence-electron chi connectivity index (χ1n) is 10.2. The summed E-state index contributed by atoms with van der Waals surface area (Å²) in [6.07, 6.45) is 1.32. The molecule has 0 fully saturated rings. The van der Waals surface area contributed by atoms with Crippen LogP contribution in [-0.4, -0.2) is 40.3 Å². The molecule has 0 spiro atoms. The molecule has 178 valence electrons. The van der Waals surface area contributed by atoms with Crippen molar-refractivity contribution in [2.24, 2.45) is 5.10 Å². The molecule has 11 heteroatoms. The molecule has 1 atom stereocenters. The highest BCUT2D eigenvalue weighted by molar-refractivity contribution is 7.92. The van der Waals surface area contributed by atoms with Gasteiger partial charge in [0.05, 0.1) is 30.0 Å². The Bertz CT molecular complexity index is 1440. The molecule has 8 nitrogen and oxygen atoms in total. The summed E-state index contributed by atoms with van der Waals surface area (Å²) in [6, 6.07) is 17.5. The first kappa shape index (κ1) is 23.7. The first-order valence-corrected chi connectivity index (χ1v) is 13.5. The number of nitrogens with zero attached hydrogens (tertiary/aromatic N) is 2. The summed E-state index contributed by atoms with van der Waals surface area (Å²) in [5.74, 6) is 0.0259. The predicted octanol–water partition coefficient (Wildman–Crippen LogP) is 3.75. The van der Waals surface area contributed by atoms with Gasteiger partial charge in [0.1, 0.15) is 11.6 Å². The van der Waals surface area contributed by atoms with Crippen molar-refractivity contribution < 1.29 is 26.0 Å². The third kappa shape index (κ3) is 5.05. The lowest BCUT2D eigenvalue weighted by Gasteiger charge is -2.23. The summed E-state index contributed by atoms with van der Waals surface area (Å²) in [5.41, 5.74) is 2.21. The van der Waals surface area contributed by atoms with Gasteiger partial charge in [-0.05, 0) is 59.7 Å². The highest BCUT2D eigenvalue weighted by Gasteiger charge is 2.38. The van der Waals surface area contributed by atoms with Crippen LogP contribution in [0.15, 0.2) is 82.8 Å². The Kier molecular flexibility index (Phi) is 6.32. The summed E-state index contributed by atoms with van der Waals surface area (Å²) in [4.78, 5) is -0.0838. The van der Waals surface area contributed by atoms with Crippen LogP contribution in [0.1, 0.15) is 23.6 Å². The number of sulfonamides is 2. The van der Waals surface area contributed by atoms with Crippen LogP contribution in [0.4, 0.5) is 10.1 Å². The van der Waals surface area contributed by atoms with E-state index in [9.17, 15) is 21.2 Å². The lowest BCUT2D eigenvalue weighted by Crippen LogP contribution is -2.27. The van der Waals surface area contributed by atoms with E-state index in [2.05, 4.69) is 9.82 Å². The monoisotopic (exact) mass is 503 g/mol. The SMILES string of the molecule is COc1cccc([C@H]2CC(c3ccc(NS(C)(=O)=O)cc3)=NN2S(=O)(=O)c2ccc(F)cc2)c1. The van der Waals surface area contributed by atoms with E-state index in [0.717, 1.165) is 22.8 Å². The van der Waals surface area contributed by atoms with Crippen LogP contribution in [-0.2, 0) is 20.0 Å². The van der Waals surface area contributed by atoms with Crippen molar-refractivity contribution in [1.29, 1.82) is 0 Å². The van der Waals surface area contributed by atoms with Gasteiger partial charge in [-0.2, -0.15) is 17.9 Å². The predicted molar refractivity (Wildman–Crippen MR) is 127 cm³/mol. The topological polar surface area (TPSA) is 105 Å². The molecule has 0 saturated heterocycles. The van der Waals surface area contributed by atoms with E-state index in [1.54, 1.807) is 48.5 Å². The summed E-state index contributed by atoms with van der Waals surface area (Å²) in [6.45, 7) is 0. The van der Waals surface area contributed by atoms with Crippen molar-refractivity contribution in [3.8, 4) is 5.75 Å². The Labute approximate surface area is 197 Å². The molecule has 0 aromatic heterocycles. The van der Waals surface area contributed by atoms with Crippen LogP contribution >= 0.6 is 0 Å². The number of rotatable bonds is 7. The largest absolute Gasteiger partial charge is 0.497 e. The minimum atomic E-state index is -4.10. The van der Waals surface area contributed by atoms with Crippen LogP contribution in [0.3, 0.4) is 0 Å². The van der Waals surface area contributed by atoms with Gasteiger partial charge in [-0.3, -0.25) is 4.72 Å². The molecule has 1 aliphatic rings. The van der Waals surface area contributed by atoms with E-state index < -0.39 is 31.9 Å². The maximum absolute atomic E-state index is 13.5. The molecule has 1 aliphatic heterocycles. The smallest absolute Gasteiger partial charge is 0.279 e. The van der Waals surface area contributed by atoms with Crippen molar-refractivity contribution in [2.45, 2.75) is 17.4 Å². The molecule has 1 N–H and O–H groups in total. The third-order valence-electron chi connectivity index (χ3n) is 5.23. The van der Waals surface area contributed by atoms with Crippen LogP contribution in [0.2, 0.25) is 0 Å². The summed E-state index contributed by atoms with van der Waals surface area (Å²) < 4.78 is 72.0. The molecule has 0 amide bonds. The quantitative estimate of drug-likeness (QED) is 0.529. The average molecular weight is 504 g/mol. The standard InChI is InChI=1S/C23H22FN3O5S2/c1-32-20-5-3-4-17(14-20)23-15-22(16-6-10-19(11-7-16)26-33(2,28)29)25-27(23)34(30,31)21-12-8-18(24)9-13-21/h3-14,23,26H,15H2,1-2H3/t23-/m1/s1. The Morgan fingerprint density at radius 1 is 1.00 bits per heavy atom. The number of hydrazone groups is 1. The molecule has 4 rings (SSSR count). The third-order valence-corrected chi connectivity index (χ3v) is 7.53. The Morgan fingerprint density at radius 3 is 2.29 bits per heavy atom. The van der Waals surface area contributed by atoms with Gasteiger partial charge in [-0.1, -0.05) is 24.3 Å². The van der Waals surface area contributed by atoms with Gasteiger partial charge in [-0.15, -0.1) is 0 Å². The number of hydrogen-bond donors (Lipinski definition) is 1. The Morgan fingerprint density at radius 2 is 1.68 bits per heavy atom. The van der Waals surface area contributed by atoms with E-state index in [1.165, 1.54) is 19.2 Å². The number of benzene rings is 3.